The molecule has 0 aliphatic carbocycles. The van der Waals surface area contributed by atoms with Gasteiger partial charge in [-0.25, -0.2) is 9.18 Å². The molecule has 0 spiro atoms. The minimum Gasteiger partial charge on any atom is -0.465 e. The summed E-state index contributed by atoms with van der Waals surface area (Å²) < 4.78 is 23.1. The monoisotopic (exact) mass is 295 g/mol. The van der Waals surface area contributed by atoms with E-state index in [4.69, 9.17) is 22.1 Å². The maximum absolute atomic E-state index is 13.0. The van der Waals surface area contributed by atoms with Crippen LogP contribution < -0.4 is 10.5 Å². The molecule has 2 rings (SSSR count). The summed E-state index contributed by atoms with van der Waals surface area (Å²) >= 11 is 5.66. The number of ether oxygens (including phenoxy) is 2. The second-order valence-electron chi connectivity index (χ2n) is 3.92. The molecule has 0 amide bonds. The number of carbonyl (C=O) groups is 1. The first-order chi connectivity index (χ1) is 9.51. The second kappa shape index (κ2) is 5.79. The summed E-state index contributed by atoms with van der Waals surface area (Å²) in [4.78, 5) is 11.3. The Morgan fingerprint density at radius 3 is 2.60 bits per heavy atom. The molecule has 0 saturated carbocycles. The van der Waals surface area contributed by atoms with E-state index >= 15 is 0 Å². The van der Waals surface area contributed by atoms with Gasteiger partial charge in [-0.2, -0.15) is 0 Å². The predicted molar refractivity (Wildman–Crippen MR) is 73.7 cm³/mol. The SMILES string of the molecule is COC(=O)c1ccc(Oc2ccc(F)c(Cl)c2)c(N)c1. The minimum atomic E-state index is -0.534. The van der Waals surface area contributed by atoms with E-state index in [1.807, 2.05) is 0 Å². The quantitative estimate of drug-likeness (QED) is 0.693. The van der Waals surface area contributed by atoms with E-state index in [0.29, 0.717) is 17.1 Å². The van der Waals surface area contributed by atoms with Crippen LogP contribution in [0.5, 0.6) is 11.5 Å². The fourth-order valence-corrected chi connectivity index (χ4v) is 1.72. The minimum absolute atomic E-state index is 0.0488. The van der Waals surface area contributed by atoms with Gasteiger partial charge in [0.2, 0.25) is 0 Å². The number of hydrogen-bond donors (Lipinski definition) is 1. The Morgan fingerprint density at radius 2 is 2.00 bits per heavy atom. The van der Waals surface area contributed by atoms with E-state index < -0.39 is 11.8 Å². The van der Waals surface area contributed by atoms with Crippen molar-refractivity contribution < 1.29 is 18.7 Å². The van der Waals surface area contributed by atoms with Crippen molar-refractivity contribution in [3.63, 3.8) is 0 Å². The molecule has 0 unspecified atom stereocenters. The molecule has 6 heteroatoms. The van der Waals surface area contributed by atoms with Crippen molar-refractivity contribution in [1.82, 2.24) is 0 Å². The number of benzene rings is 2. The molecule has 0 heterocycles. The number of anilines is 1. The Morgan fingerprint density at radius 1 is 1.25 bits per heavy atom. The van der Waals surface area contributed by atoms with Crippen LogP contribution in [0.3, 0.4) is 0 Å². The lowest BCUT2D eigenvalue weighted by molar-refractivity contribution is 0.0601. The van der Waals surface area contributed by atoms with Crippen LogP contribution in [0.15, 0.2) is 36.4 Å². The van der Waals surface area contributed by atoms with Gasteiger partial charge in [-0.15, -0.1) is 0 Å². The Labute approximate surface area is 119 Å². The maximum Gasteiger partial charge on any atom is 0.337 e. The molecule has 104 valence electrons. The molecule has 0 fully saturated rings. The van der Waals surface area contributed by atoms with Crippen LogP contribution in [0, 0.1) is 5.82 Å². The molecule has 2 N–H and O–H groups in total. The average molecular weight is 296 g/mol. The van der Waals surface area contributed by atoms with Crippen LogP contribution in [0.1, 0.15) is 10.4 Å². The van der Waals surface area contributed by atoms with Gasteiger partial charge in [0, 0.05) is 6.07 Å². The van der Waals surface area contributed by atoms with Crippen molar-refractivity contribution in [2.24, 2.45) is 0 Å². The summed E-state index contributed by atoms with van der Waals surface area (Å²) in [5, 5.41) is -0.0488. The first kappa shape index (κ1) is 14.1. The Hall–Kier alpha value is -2.27. The van der Waals surface area contributed by atoms with Gasteiger partial charge in [-0.3, -0.25) is 0 Å². The molecular formula is C14H11ClFNO3. The number of halogens is 2. The second-order valence-corrected chi connectivity index (χ2v) is 4.33. The van der Waals surface area contributed by atoms with Crippen LogP contribution in [-0.4, -0.2) is 13.1 Å². The Kier molecular flexibility index (Phi) is 4.10. The summed E-state index contributed by atoms with van der Waals surface area (Å²) in [6.07, 6.45) is 0. The third-order valence-electron chi connectivity index (χ3n) is 2.55. The van der Waals surface area contributed by atoms with Crippen molar-refractivity contribution in [3.05, 3.63) is 52.8 Å². The zero-order valence-corrected chi connectivity index (χ0v) is 11.3. The average Bonchev–Trinajstić information content (AvgIpc) is 2.44. The fraction of sp³-hybridized carbons (Fsp3) is 0.0714. The summed E-state index contributed by atoms with van der Waals surface area (Å²) in [5.41, 5.74) is 6.36. The Bertz CT molecular complexity index is 661. The van der Waals surface area contributed by atoms with Gasteiger partial charge in [0.15, 0.2) is 0 Å². The van der Waals surface area contributed by atoms with Gasteiger partial charge < -0.3 is 15.2 Å². The highest BCUT2D eigenvalue weighted by Crippen LogP contribution is 2.30. The lowest BCUT2D eigenvalue weighted by atomic mass is 10.2. The summed E-state index contributed by atoms with van der Waals surface area (Å²) in [5.74, 6) is -0.352. The van der Waals surface area contributed by atoms with Gasteiger partial charge in [-0.1, -0.05) is 11.6 Å². The van der Waals surface area contributed by atoms with Crippen LogP contribution in [0.4, 0.5) is 10.1 Å². The molecule has 2 aromatic carbocycles. The van der Waals surface area contributed by atoms with Crippen molar-refractivity contribution in [2.45, 2.75) is 0 Å². The van der Waals surface area contributed by atoms with E-state index in [9.17, 15) is 9.18 Å². The van der Waals surface area contributed by atoms with Gasteiger partial charge in [0.1, 0.15) is 17.3 Å². The highest BCUT2D eigenvalue weighted by Gasteiger charge is 2.10. The first-order valence-corrected chi connectivity index (χ1v) is 6.00. The molecule has 0 bridgehead atoms. The van der Waals surface area contributed by atoms with E-state index in [-0.39, 0.29) is 10.7 Å². The molecule has 2 aromatic rings. The number of rotatable bonds is 3. The van der Waals surface area contributed by atoms with E-state index in [2.05, 4.69) is 4.74 Å². The number of carbonyl (C=O) groups excluding carboxylic acids is 1. The number of methoxy groups -OCH3 is 1. The molecule has 0 aliphatic heterocycles. The third-order valence-corrected chi connectivity index (χ3v) is 2.84. The van der Waals surface area contributed by atoms with E-state index in [1.54, 1.807) is 0 Å². The molecule has 0 radical (unpaired) electrons. The van der Waals surface area contributed by atoms with Gasteiger partial charge in [0.05, 0.1) is 23.4 Å². The third kappa shape index (κ3) is 3.00. The number of nitrogens with two attached hydrogens (primary N) is 1. The molecule has 20 heavy (non-hydrogen) atoms. The summed E-state index contributed by atoms with van der Waals surface area (Å²) in [7, 11) is 1.28. The topological polar surface area (TPSA) is 61.5 Å². The predicted octanol–water partition coefficient (Wildman–Crippen LogP) is 3.64. The fourth-order valence-electron chi connectivity index (χ4n) is 1.55. The molecule has 0 atom stereocenters. The lowest BCUT2D eigenvalue weighted by Crippen LogP contribution is -2.02. The largest absolute Gasteiger partial charge is 0.465 e. The molecule has 0 aromatic heterocycles. The van der Waals surface area contributed by atoms with Crippen LogP contribution in [-0.2, 0) is 4.74 Å². The highest BCUT2D eigenvalue weighted by molar-refractivity contribution is 6.30. The molecule has 0 aliphatic rings. The molecular weight excluding hydrogens is 285 g/mol. The smallest absolute Gasteiger partial charge is 0.337 e. The van der Waals surface area contributed by atoms with Crippen molar-refractivity contribution >= 4 is 23.3 Å². The normalized spacial score (nSPS) is 10.2. The summed E-state index contributed by atoms with van der Waals surface area (Å²) in [6.45, 7) is 0. The molecule has 0 saturated heterocycles. The number of nitrogen functional groups attached to an aromatic ring is 1. The standard InChI is InChI=1S/C14H11ClFNO3/c1-19-14(18)8-2-5-13(12(17)6-8)20-9-3-4-11(16)10(15)7-9/h2-7H,17H2,1H3. The van der Waals surface area contributed by atoms with Gasteiger partial charge >= 0.3 is 5.97 Å². The van der Waals surface area contributed by atoms with Gasteiger partial charge in [0.25, 0.3) is 0 Å². The van der Waals surface area contributed by atoms with E-state index in [0.717, 1.165) is 0 Å². The first-order valence-electron chi connectivity index (χ1n) is 5.62. The maximum atomic E-state index is 13.0. The zero-order chi connectivity index (χ0) is 14.7. The molecule has 4 nitrogen and oxygen atoms in total. The zero-order valence-electron chi connectivity index (χ0n) is 10.5. The Balaban J connectivity index is 2.25. The van der Waals surface area contributed by atoms with Crippen LogP contribution >= 0.6 is 11.6 Å². The van der Waals surface area contributed by atoms with Crippen molar-refractivity contribution in [2.75, 3.05) is 12.8 Å². The number of hydrogen-bond acceptors (Lipinski definition) is 4. The van der Waals surface area contributed by atoms with Crippen molar-refractivity contribution in [1.29, 1.82) is 0 Å². The lowest BCUT2D eigenvalue weighted by Gasteiger charge is -2.10. The number of esters is 1. The van der Waals surface area contributed by atoms with Crippen LogP contribution in [0.2, 0.25) is 5.02 Å². The van der Waals surface area contributed by atoms with E-state index in [1.165, 1.54) is 43.5 Å². The van der Waals surface area contributed by atoms with Gasteiger partial charge in [-0.05, 0) is 30.3 Å². The van der Waals surface area contributed by atoms with Crippen molar-refractivity contribution in [3.8, 4) is 11.5 Å². The van der Waals surface area contributed by atoms with Crippen LogP contribution in [0.25, 0.3) is 0 Å². The highest BCUT2D eigenvalue weighted by atomic mass is 35.5. The summed E-state index contributed by atoms with van der Waals surface area (Å²) in [6, 6.07) is 8.43.